The molecule has 1 atom stereocenters. The van der Waals surface area contributed by atoms with E-state index < -0.39 is 46.7 Å². The third kappa shape index (κ3) is 5.55. The van der Waals surface area contributed by atoms with Crippen LogP contribution in [0.15, 0.2) is 17.1 Å². The van der Waals surface area contributed by atoms with E-state index in [0.717, 1.165) is 0 Å². The van der Waals surface area contributed by atoms with Crippen molar-refractivity contribution in [2.45, 2.75) is 39.0 Å². The second-order valence-corrected chi connectivity index (χ2v) is 5.49. The molecule has 0 aliphatic carbocycles. The Balaban J connectivity index is 2.85. The van der Waals surface area contributed by atoms with Crippen LogP contribution in [0.4, 0.5) is 13.2 Å². The molecule has 1 heterocycles. The summed E-state index contributed by atoms with van der Waals surface area (Å²) in [5, 5.41) is 4.22. The first-order valence-electron chi connectivity index (χ1n) is 7.10. The lowest BCUT2D eigenvalue weighted by atomic mass is 10.2. The highest BCUT2D eigenvalue weighted by Crippen LogP contribution is 2.29. The lowest BCUT2D eigenvalue weighted by molar-refractivity contribution is -0.138. The monoisotopic (exact) mass is 367 g/mol. The van der Waals surface area contributed by atoms with Crippen LogP contribution >= 0.6 is 11.6 Å². The van der Waals surface area contributed by atoms with Gasteiger partial charge >= 0.3 is 6.18 Å². The number of nitrogens with one attached hydrogen (secondary N) is 2. The van der Waals surface area contributed by atoms with E-state index in [4.69, 9.17) is 11.6 Å². The maximum absolute atomic E-state index is 12.7. The van der Waals surface area contributed by atoms with Gasteiger partial charge in [0.05, 0.1) is 5.56 Å². The predicted octanol–water partition coefficient (Wildman–Crippen LogP) is 1.55. The van der Waals surface area contributed by atoms with Crippen molar-refractivity contribution < 1.29 is 22.8 Å². The molecule has 1 aromatic rings. The molecule has 2 N–H and O–H groups in total. The van der Waals surface area contributed by atoms with Gasteiger partial charge in [0, 0.05) is 12.7 Å². The fourth-order valence-corrected chi connectivity index (χ4v) is 2.01. The van der Waals surface area contributed by atoms with Gasteiger partial charge in [0.1, 0.15) is 17.6 Å². The van der Waals surface area contributed by atoms with Crippen LogP contribution in [-0.4, -0.2) is 29.0 Å². The van der Waals surface area contributed by atoms with Gasteiger partial charge in [0.2, 0.25) is 11.8 Å². The van der Waals surface area contributed by atoms with Crippen LogP contribution in [0.25, 0.3) is 0 Å². The van der Waals surface area contributed by atoms with E-state index in [0.29, 0.717) is 29.8 Å². The molecule has 0 aliphatic rings. The van der Waals surface area contributed by atoms with E-state index in [1.54, 1.807) is 0 Å². The Morgan fingerprint density at radius 3 is 2.54 bits per heavy atom. The minimum atomic E-state index is -4.71. The zero-order chi connectivity index (χ0) is 18.5. The molecule has 1 rings (SSSR count). The molecule has 134 valence electrons. The van der Waals surface area contributed by atoms with Gasteiger partial charge in [-0.05, 0) is 19.4 Å². The smallest absolute Gasteiger partial charge is 0.354 e. The highest BCUT2D eigenvalue weighted by molar-refractivity contribution is 6.30. The third-order valence-electron chi connectivity index (χ3n) is 3.00. The van der Waals surface area contributed by atoms with Gasteiger partial charge in [-0.2, -0.15) is 13.2 Å². The molecule has 0 fully saturated rings. The summed E-state index contributed by atoms with van der Waals surface area (Å²) < 4.78 is 38.7. The number of pyridine rings is 1. The first-order valence-corrected chi connectivity index (χ1v) is 7.48. The largest absolute Gasteiger partial charge is 0.417 e. The van der Waals surface area contributed by atoms with Gasteiger partial charge in [-0.15, -0.1) is 0 Å². The molecular formula is C14H17ClF3N3O3. The SMILES string of the molecule is CCCNC(=O)[C@H](C)NC(=O)Cn1cc(C(F)(F)F)cc(Cl)c1=O. The number of halogens is 4. The van der Waals surface area contributed by atoms with Gasteiger partial charge in [-0.1, -0.05) is 18.5 Å². The van der Waals surface area contributed by atoms with Crippen molar-refractivity contribution >= 4 is 23.4 Å². The van der Waals surface area contributed by atoms with Crippen LogP contribution in [0.2, 0.25) is 5.02 Å². The van der Waals surface area contributed by atoms with Crippen molar-refractivity contribution in [1.82, 2.24) is 15.2 Å². The zero-order valence-corrected chi connectivity index (χ0v) is 13.8. The average molecular weight is 368 g/mol. The molecule has 0 bridgehead atoms. The van der Waals surface area contributed by atoms with E-state index in [9.17, 15) is 27.6 Å². The molecule has 0 aromatic carbocycles. The van der Waals surface area contributed by atoms with Gasteiger partial charge in [-0.3, -0.25) is 14.4 Å². The first-order chi connectivity index (χ1) is 11.1. The minimum absolute atomic E-state index is 0.431. The third-order valence-corrected chi connectivity index (χ3v) is 3.27. The van der Waals surface area contributed by atoms with Crippen molar-refractivity contribution in [2.24, 2.45) is 0 Å². The molecule has 0 radical (unpaired) electrons. The Kier molecular flexibility index (Phi) is 6.82. The van der Waals surface area contributed by atoms with Gasteiger partial charge < -0.3 is 15.2 Å². The number of nitrogens with zero attached hydrogens (tertiary/aromatic N) is 1. The fourth-order valence-electron chi connectivity index (χ4n) is 1.78. The van der Waals surface area contributed by atoms with E-state index in [1.807, 2.05) is 6.92 Å². The number of alkyl halides is 3. The number of aromatic nitrogens is 1. The Bertz CT molecular complexity index is 673. The molecule has 2 amide bonds. The second kappa shape index (κ2) is 8.18. The summed E-state index contributed by atoms with van der Waals surface area (Å²) in [6.45, 7) is 3.02. The molecule has 1 aromatic heterocycles. The van der Waals surface area contributed by atoms with E-state index in [-0.39, 0.29) is 0 Å². The second-order valence-electron chi connectivity index (χ2n) is 5.09. The summed E-state index contributed by atoms with van der Waals surface area (Å²) >= 11 is 5.49. The van der Waals surface area contributed by atoms with Gasteiger partial charge in [0.15, 0.2) is 0 Å². The summed E-state index contributed by atoms with van der Waals surface area (Å²) in [5.74, 6) is -1.22. The van der Waals surface area contributed by atoms with Crippen molar-refractivity contribution in [3.05, 3.63) is 33.2 Å². The van der Waals surface area contributed by atoms with Crippen LogP contribution in [0.3, 0.4) is 0 Å². The summed E-state index contributed by atoms with van der Waals surface area (Å²) in [7, 11) is 0. The lowest BCUT2D eigenvalue weighted by Crippen LogP contribution is -2.46. The molecule has 0 spiro atoms. The molecule has 10 heteroatoms. The molecule has 0 saturated carbocycles. The van der Waals surface area contributed by atoms with Crippen LogP contribution < -0.4 is 16.2 Å². The summed E-state index contributed by atoms with van der Waals surface area (Å²) in [4.78, 5) is 35.2. The van der Waals surface area contributed by atoms with E-state index >= 15 is 0 Å². The predicted molar refractivity (Wildman–Crippen MR) is 81.6 cm³/mol. The molecule has 6 nitrogen and oxygen atoms in total. The Labute approximate surface area is 141 Å². The summed E-state index contributed by atoms with van der Waals surface area (Å²) in [6.07, 6.45) is -3.48. The van der Waals surface area contributed by atoms with Crippen molar-refractivity contribution in [3.63, 3.8) is 0 Å². The fraction of sp³-hybridized carbons (Fsp3) is 0.500. The molecular weight excluding hydrogens is 351 g/mol. The average Bonchev–Trinajstić information content (AvgIpc) is 2.47. The topological polar surface area (TPSA) is 80.2 Å². The van der Waals surface area contributed by atoms with Gasteiger partial charge in [-0.25, -0.2) is 0 Å². The molecule has 24 heavy (non-hydrogen) atoms. The van der Waals surface area contributed by atoms with E-state index in [1.165, 1.54) is 6.92 Å². The Hall–Kier alpha value is -2.03. The highest BCUT2D eigenvalue weighted by Gasteiger charge is 2.32. The van der Waals surface area contributed by atoms with Crippen LogP contribution in [0.1, 0.15) is 25.8 Å². The normalized spacial score (nSPS) is 12.6. The number of hydrogen-bond acceptors (Lipinski definition) is 3. The number of carbonyl (C=O) groups excluding carboxylic acids is 2. The molecule has 0 saturated heterocycles. The highest BCUT2D eigenvalue weighted by atomic mass is 35.5. The minimum Gasteiger partial charge on any atom is -0.354 e. The number of amides is 2. The standard InChI is InChI=1S/C14H17ClF3N3O3/c1-3-4-19-12(23)8(2)20-11(22)7-21-6-9(14(16,17)18)5-10(15)13(21)24/h5-6,8H,3-4,7H2,1-2H3,(H,19,23)(H,20,22)/t8-/m0/s1. The van der Waals surface area contributed by atoms with Crippen LogP contribution in [0, 0.1) is 0 Å². The Morgan fingerprint density at radius 2 is 2.00 bits per heavy atom. The lowest BCUT2D eigenvalue weighted by Gasteiger charge is -2.15. The Morgan fingerprint density at radius 1 is 1.38 bits per heavy atom. The van der Waals surface area contributed by atoms with E-state index in [2.05, 4.69) is 10.6 Å². The van der Waals surface area contributed by atoms with Crippen molar-refractivity contribution in [3.8, 4) is 0 Å². The first kappa shape index (κ1) is 20.0. The van der Waals surface area contributed by atoms with Gasteiger partial charge in [0.25, 0.3) is 5.56 Å². The number of rotatable bonds is 6. The summed E-state index contributed by atoms with van der Waals surface area (Å²) in [5.41, 5.74) is -2.07. The van der Waals surface area contributed by atoms with Crippen LogP contribution in [-0.2, 0) is 22.3 Å². The van der Waals surface area contributed by atoms with Crippen molar-refractivity contribution in [1.29, 1.82) is 0 Å². The zero-order valence-electron chi connectivity index (χ0n) is 13.0. The maximum atomic E-state index is 12.7. The maximum Gasteiger partial charge on any atom is 0.417 e. The quantitative estimate of drug-likeness (QED) is 0.800. The van der Waals surface area contributed by atoms with Crippen LogP contribution in [0.5, 0.6) is 0 Å². The molecule has 0 aliphatic heterocycles. The molecule has 0 unspecified atom stereocenters. The van der Waals surface area contributed by atoms with Crippen molar-refractivity contribution in [2.75, 3.05) is 6.54 Å². The number of hydrogen-bond donors (Lipinski definition) is 2. The number of carbonyl (C=O) groups is 2. The summed E-state index contributed by atoms with van der Waals surface area (Å²) in [6, 6.07) is -0.389.